The van der Waals surface area contributed by atoms with Crippen molar-refractivity contribution in [3.63, 3.8) is 0 Å². The number of fused-ring (bicyclic) bond motifs is 1. The Kier molecular flexibility index (Phi) is 4.97. The molecule has 31 heavy (non-hydrogen) atoms. The number of para-hydroxylation sites is 1. The van der Waals surface area contributed by atoms with E-state index in [9.17, 15) is 4.79 Å². The number of carbonyl (C=O) groups excluding carboxylic acids is 1. The summed E-state index contributed by atoms with van der Waals surface area (Å²) in [5.41, 5.74) is 7.83. The molecule has 10 heteroatoms. The van der Waals surface area contributed by atoms with Crippen molar-refractivity contribution in [2.75, 3.05) is 28.6 Å². The molecule has 10 nitrogen and oxygen atoms in total. The van der Waals surface area contributed by atoms with E-state index in [1.165, 1.54) is 0 Å². The molecule has 0 saturated carbocycles. The summed E-state index contributed by atoms with van der Waals surface area (Å²) in [6, 6.07) is 15.0. The molecule has 1 saturated heterocycles. The normalized spacial score (nSPS) is 14.7. The van der Waals surface area contributed by atoms with Gasteiger partial charge in [0.15, 0.2) is 11.5 Å². The lowest BCUT2D eigenvalue weighted by atomic mass is 10.1. The van der Waals surface area contributed by atoms with Crippen LogP contribution in [0.5, 0.6) is 0 Å². The lowest BCUT2D eigenvalue weighted by Gasteiger charge is -2.30. The molecule has 3 aromatic heterocycles. The molecule has 0 atom stereocenters. The Morgan fingerprint density at radius 3 is 2.74 bits per heavy atom. The van der Waals surface area contributed by atoms with Crippen LogP contribution in [0.25, 0.3) is 5.52 Å². The van der Waals surface area contributed by atoms with Gasteiger partial charge < -0.3 is 21.3 Å². The van der Waals surface area contributed by atoms with Gasteiger partial charge in [-0.15, -0.1) is 5.10 Å². The first-order valence-electron chi connectivity index (χ1n) is 10.2. The summed E-state index contributed by atoms with van der Waals surface area (Å²) in [5.74, 6) is 1.53. The van der Waals surface area contributed by atoms with E-state index in [2.05, 4.69) is 30.8 Å². The van der Waals surface area contributed by atoms with E-state index in [0.29, 0.717) is 23.3 Å². The molecule has 5 N–H and O–H groups in total. The number of piperidine rings is 1. The van der Waals surface area contributed by atoms with Gasteiger partial charge in [-0.3, -0.25) is 9.89 Å². The van der Waals surface area contributed by atoms with Crippen molar-refractivity contribution >= 4 is 34.7 Å². The molecule has 1 aliphatic rings. The molecule has 1 amide bonds. The SMILES string of the molecule is NC1CCN(c2nc(Nc3cc(C(=O)Nc4ccccc4)n[nH]3)c3cccn3n2)CC1. The number of amides is 1. The maximum atomic E-state index is 12.5. The molecular weight excluding hydrogens is 394 g/mol. The summed E-state index contributed by atoms with van der Waals surface area (Å²) >= 11 is 0. The molecule has 1 aliphatic heterocycles. The largest absolute Gasteiger partial charge is 0.339 e. The summed E-state index contributed by atoms with van der Waals surface area (Å²) in [7, 11) is 0. The van der Waals surface area contributed by atoms with Crippen molar-refractivity contribution in [1.29, 1.82) is 0 Å². The predicted molar refractivity (Wildman–Crippen MR) is 119 cm³/mol. The number of H-pyrrole nitrogens is 1. The Bertz CT molecular complexity index is 1190. The molecule has 0 spiro atoms. The van der Waals surface area contributed by atoms with Crippen molar-refractivity contribution in [3.05, 3.63) is 60.4 Å². The number of carbonyl (C=O) groups is 1. The van der Waals surface area contributed by atoms with Crippen molar-refractivity contribution < 1.29 is 4.79 Å². The van der Waals surface area contributed by atoms with Gasteiger partial charge in [0, 0.05) is 37.1 Å². The van der Waals surface area contributed by atoms with Gasteiger partial charge in [-0.1, -0.05) is 18.2 Å². The van der Waals surface area contributed by atoms with Gasteiger partial charge in [0.05, 0.1) is 0 Å². The van der Waals surface area contributed by atoms with Crippen molar-refractivity contribution in [2.24, 2.45) is 5.73 Å². The second-order valence-corrected chi connectivity index (χ2v) is 7.53. The van der Waals surface area contributed by atoms with E-state index in [-0.39, 0.29) is 17.6 Å². The average molecular weight is 417 g/mol. The van der Waals surface area contributed by atoms with Gasteiger partial charge in [0.2, 0.25) is 5.95 Å². The Balaban J connectivity index is 1.37. The Morgan fingerprint density at radius 2 is 1.94 bits per heavy atom. The highest BCUT2D eigenvalue weighted by Crippen LogP contribution is 2.23. The Labute approximate surface area is 178 Å². The molecule has 5 rings (SSSR count). The summed E-state index contributed by atoms with van der Waals surface area (Å²) in [4.78, 5) is 19.3. The number of nitrogens with one attached hydrogen (secondary N) is 3. The number of aromatic nitrogens is 5. The third-order valence-electron chi connectivity index (χ3n) is 5.30. The number of hydrogen-bond acceptors (Lipinski definition) is 7. The van der Waals surface area contributed by atoms with Crippen LogP contribution in [0.15, 0.2) is 54.7 Å². The molecule has 0 bridgehead atoms. The first kappa shape index (κ1) is 19.1. The van der Waals surface area contributed by atoms with Gasteiger partial charge in [-0.05, 0) is 37.1 Å². The summed E-state index contributed by atoms with van der Waals surface area (Å²) in [6.07, 6.45) is 3.71. The zero-order valence-electron chi connectivity index (χ0n) is 16.8. The average Bonchev–Trinajstić information content (AvgIpc) is 3.45. The van der Waals surface area contributed by atoms with E-state index in [1.807, 2.05) is 48.7 Å². The fourth-order valence-electron chi connectivity index (χ4n) is 3.59. The highest BCUT2D eigenvalue weighted by molar-refractivity contribution is 6.03. The smallest absolute Gasteiger partial charge is 0.276 e. The highest BCUT2D eigenvalue weighted by Gasteiger charge is 2.20. The fourth-order valence-corrected chi connectivity index (χ4v) is 3.59. The second-order valence-electron chi connectivity index (χ2n) is 7.53. The van der Waals surface area contributed by atoms with E-state index >= 15 is 0 Å². The number of nitrogens with two attached hydrogens (primary N) is 1. The maximum absolute atomic E-state index is 12.5. The van der Waals surface area contributed by atoms with Crippen molar-refractivity contribution in [3.8, 4) is 0 Å². The van der Waals surface area contributed by atoms with Crippen molar-refractivity contribution in [2.45, 2.75) is 18.9 Å². The van der Waals surface area contributed by atoms with Crippen LogP contribution in [0.1, 0.15) is 23.3 Å². The first-order valence-corrected chi connectivity index (χ1v) is 10.2. The van der Waals surface area contributed by atoms with Crippen LogP contribution in [0.3, 0.4) is 0 Å². The van der Waals surface area contributed by atoms with Crippen molar-refractivity contribution in [1.82, 2.24) is 24.8 Å². The molecule has 4 aromatic rings. The summed E-state index contributed by atoms with van der Waals surface area (Å²) < 4.78 is 1.79. The van der Waals surface area contributed by atoms with Gasteiger partial charge in [0.1, 0.15) is 11.3 Å². The zero-order valence-corrected chi connectivity index (χ0v) is 16.8. The lowest BCUT2D eigenvalue weighted by molar-refractivity contribution is 0.102. The minimum atomic E-state index is -0.295. The van der Waals surface area contributed by atoms with Gasteiger partial charge >= 0.3 is 0 Å². The lowest BCUT2D eigenvalue weighted by Crippen LogP contribution is -2.40. The predicted octanol–water partition coefficient (Wildman–Crippen LogP) is 2.38. The summed E-state index contributed by atoms with van der Waals surface area (Å²) in [6.45, 7) is 1.64. The molecule has 4 heterocycles. The minimum Gasteiger partial charge on any atom is -0.339 e. The molecular formula is C21H23N9O. The number of benzene rings is 1. The van der Waals surface area contributed by atoms with Crippen LogP contribution < -0.4 is 21.3 Å². The zero-order chi connectivity index (χ0) is 21.2. The quantitative estimate of drug-likeness (QED) is 0.392. The van der Waals surface area contributed by atoms with Crippen LogP contribution in [-0.2, 0) is 0 Å². The Hall–Kier alpha value is -3.92. The molecule has 158 valence electrons. The second kappa shape index (κ2) is 8.07. The minimum absolute atomic E-state index is 0.231. The van der Waals surface area contributed by atoms with E-state index in [1.54, 1.807) is 10.6 Å². The number of hydrogen-bond donors (Lipinski definition) is 4. The number of rotatable bonds is 5. The van der Waals surface area contributed by atoms with Crippen LogP contribution in [0, 0.1) is 0 Å². The van der Waals surface area contributed by atoms with Crippen LogP contribution in [0.2, 0.25) is 0 Å². The molecule has 0 radical (unpaired) electrons. The standard InChI is InChI=1S/C21H23N9O/c22-14-8-11-29(12-9-14)21-25-19(17-7-4-10-30(17)28-21)24-18-13-16(26-27-18)20(31)23-15-5-2-1-3-6-15/h1-7,10,13-14H,8-9,11-12,22H2,(H,23,31)(H2,24,25,26,27,28). The maximum Gasteiger partial charge on any atom is 0.276 e. The number of anilines is 4. The number of aromatic amines is 1. The third kappa shape index (κ3) is 4.05. The van der Waals surface area contributed by atoms with Gasteiger partial charge in [-0.25, -0.2) is 4.52 Å². The van der Waals surface area contributed by atoms with Gasteiger partial charge in [0.25, 0.3) is 5.91 Å². The molecule has 1 aromatic carbocycles. The van der Waals surface area contributed by atoms with Crippen LogP contribution in [-0.4, -0.2) is 49.8 Å². The van der Waals surface area contributed by atoms with Crippen LogP contribution >= 0.6 is 0 Å². The molecule has 0 unspecified atom stereocenters. The third-order valence-corrected chi connectivity index (χ3v) is 5.30. The fraction of sp³-hybridized carbons (Fsp3) is 0.238. The van der Waals surface area contributed by atoms with E-state index < -0.39 is 0 Å². The summed E-state index contributed by atoms with van der Waals surface area (Å²) in [5, 5.41) is 17.7. The Morgan fingerprint density at radius 1 is 1.13 bits per heavy atom. The number of nitrogens with zero attached hydrogens (tertiary/aromatic N) is 5. The van der Waals surface area contributed by atoms with E-state index in [0.717, 1.165) is 31.4 Å². The van der Waals surface area contributed by atoms with Crippen LogP contribution in [0.4, 0.5) is 23.3 Å². The molecule has 0 aliphatic carbocycles. The topological polar surface area (TPSA) is 129 Å². The first-order chi connectivity index (χ1) is 15.2. The van der Waals surface area contributed by atoms with Gasteiger partial charge in [-0.2, -0.15) is 10.1 Å². The monoisotopic (exact) mass is 417 g/mol. The highest BCUT2D eigenvalue weighted by atomic mass is 16.1. The van der Waals surface area contributed by atoms with E-state index in [4.69, 9.17) is 10.7 Å². The molecule has 1 fully saturated rings.